The maximum atomic E-state index is 12.4. The lowest BCUT2D eigenvalue weighted by Gasteiger charge is -2.31. The number of sulfonamides is 1. The summed E-state index contributed by atoms with van der Waals surface area (Å²) in [6.45, 7) is 0.966. The van der Waals surface area contributed by atoms with Crippen LogP contribution in [-0.2, 0) is 10.0 Å². The Balaban J connectivity index is 1.65. The molecule has 1 aromatic heterocycles. The molecule has 2 fully saturated rings. The summed E-state index contributed by atoms with van der Waals surface area (Å²) in [6.07, 6.45) is 4.81. The zero-order valence-corrected chi connectivity index (χ0v) is 12.7. The molecule has 1 atom stereocenters. The minimum atomic E-state index is -3.26. The fraction of sp³-hybridized carbons (Fsp3) is 0.750. The van der Waals surface area contributed by atoms with E-state index >= 15 is 0 Å². The molecule has 2 heterocycles. The second-order valence-corrected chi connectivity index (χ2v) is 7.58. The van der Waals surface area contributed by atoms with Gasteiger partial charge in [-0.05, 0) is 25.7 Å². The minimum Gasteiger partial charge on any atom is -0.334 e. The number of carbonyl (C=O) groups is 1. The summed E-state index contributed by atoms with van der Waals surface area (Å²) < 4.78 is 25.1. The van der Waals surface area contributed by atoms with Crippen LogP contribution in [0.1, 0.15) is 48.0 Å². The molecular weight excluding hydrogens is 294 g/mol. The van der Waals surface area contributed by atoms with Gasteiger partial charge in [0.1, 0.15) is 5.82 Å². The number of aromatic amines is 1. The number of piperidine rings is 1. The molecule has 1 aliphatic heterocycles. The van der Waals surface area contributed by atoms with Gasteiger partial charge >= 0.3 is 0 Å². The molecule has 9 heteroatoms. The monoisotopic (exact) mass is 313 g/mol. The Morgan fingerprint density at radius 1 is 1.38 bits per heavy atom. The third kappa shape index (κ3) is 3.59. The molecule has 1 aromatic rings. The van der Waals surface area contributed by atoms with Crippen LogP contribution in [0.2, 0.25) is 0 Å². The summed E-state index contributed by atoms with van der Waals surface area (Å²) >= 11 is 0. The topological polar surface area (TPSA) is 108 Å². The highest BCUT2D eigenvalue weighted by Gasteiger charge is 2.31. The Labute approximate surface area is 123 Å². The lowest BCUT2D eigenvalue weighted by atomic mass is 10.1. The Kier molecular flexibility index (Phi) is 3.70. The number of nitrogens with zero attached hydrogens (tertiary/aromatic N) is 3. The first-order valence-electron chi connectivity index (χ1n) is 7.11. The van der Waals surface area contributed by atoms with Crippen LogP contribution in [0.15, 0.2) is 0 Å². The minimum absolute atomic E-state index is 0.178. The normalized spacial score (nSPS) is 23.3. The third-order valence-electron chi connectivity index (χ3n) is 3.75. The number of hydrogen-bond donors (Lipinski definition) is 2. The quantitative estimate of drug-likeness (QED) is 0.803. The molecule has 1 unspecified atom stereocenters. The number of nitrogens with one attached hydrogen (secondary N) is 2. The molecule has 0 aromatic carbocycles. The Hall–Kier alpha value is -1.48. The van der Waals surface area contributed by atoms with Gasteiger partial charge in [0.2, 0.25) is 15.8 Å². The smallest absolute Gasteiger partial charge is 0.293 e. The first-order valence-corrected chi connectivity index (χ1v) is 9.00. The molecule has 116 valence electrons. The maximum Gasteiger partial charge on any atom is 0.293 e. The summed E-state index contributed by atoms with van der Waals surface area (Å²) in [4.78, 5) is 18.2. The summed E-state index contributed by atoms with van der Waals surface area (Å²) in [6, 6.07) is -0.237. The number of aromatic nitrogens is 3. The van der Waals surface area contributed by atoms with E-state index in [9.17, 15) is 13.2 Å². The molecule has 2 N–H and O–H groups in total. The van der Waals surface area contributed by atoms with Crippen molar-refractivity contribution >= 4 is 15.9 Å². The molecule has 1 saturated carbocycles. The van der Waals surface area contributed by atoms with Gasteiger partial charge in [-0.25, -0.2) is 18.1 Å². The van der Waals surface area contributed by atoms with E-state index in [2.05, 4.69) is 19.9 Å². The van der Waals surface area contributed by atoms with Crippen LogP contribution in [0.3, 0.4) is 0 Å². The standard InChI is InChI=1S/C12H19N5O3S/c1-21(19,20)16-9-3-2-6-17(7-9)12(18)11-13-10(14-15-11)8-4-5-8/h8-9,16H,2-7H2,1H3,(H,13,14,15). The molecule has 1 amide bonds. The van der Waals surface area contributed by atoms with Crippen molar-refractivity contribution in [1.29, 1.82) is 0 Å². The van der Waals surface area contributed by atoms with Gasteiger partial charge in [0.25, 0.3) is 5.91 Å². The molecule has 8 nitrogen and oxygen atoms in total. The number of carbonyl (C=O) groups excluding carboxylic acids is 1. The number of likely N-dealkylation sites (tertiary alicyclic amines) is 1. The van der Waals surface area contributed by atoms with Crippen molar-refractivity contribution in [2.45, 2.75) is 37.6 Å². The highest BCUT2D eigenvalue weighted by molar-refractivity contribution is 7.88. The van der Waals surface area contributed by atoms with Crippen LogP contribution < -0.4 is 4.72 Å². The van der Waals surface area contributed by atoms with Crippen molar-refractivity contribution < 1.29 is 13.2 Å². The predicted octanol–water partition coefficient (Wildman–Crippen LogP) is -0.164. The number of amides is 1. The van der Waals surface area contributed by atoms with Crippen molar-refractivity contribution in [1.82, 2.24) is 24.8 Å². The van der Waals surface area contributed by atoms with Gasteiger partial charge in [0, 0.05) is 25.0 Å². The first kappa shape index (κ1) is 14.5. The Morgan fingerprint density at radius 3 is 2.81 bits per heavy atom. The highest BCUT2D eigenvalue weighted by atomic mass is 32.2. The van der Waals surface area contributed by atoms with Crippen LogP contribution in [-0.4, -0.2) is 59.8 Å². The van der Waals surface area contributed by atoms with Gasteiger partial charge in [0.15, 0.2) is 0 Å². The van der Waals surface area contributed by atoms with Crippen LogP contribution in [0, 0.1) is 0 Å². The van der Waals surface area contributed by atoms with E-state index < -0.39 is 10.0 Å². The second-order valence-electron chi connectivity index (χ2n) is 5.80. The van der Waals surface area contributed by atoms with Gasteiger partial charge in [-0.15, -0.1) is 5.10 Å². The third-order valence-corrected chi connectivity index (χ3v) is 4.51. The lowest BCUT2D eigenvalue weighted by molar-refractivity contribution is 0.0691. The molecule has 0 radical (unpaired) electrons. The molecule has 1 aliphatic carbocycles. The van der Waals surface area contributed by atoms with Crippen molar-refractivity contribution in [3.8, 4) is 0 Å². The molecule has 0 spiro atoms. The number of hydrogen-bond acceptors (Lipinski definition) is 5. The van der Waals surface area contributed by atoms with Crippen molar-refractivity contribution in [3.05, 3.63) is 11.6 Å². The van der Waals surface area contributed by atoms with Crippen molar-refractivity contribution in [2.75, 3.05) is 19.3 Å². The average molecular weight is 313 g/mol. The highest BCUT2D eigenvalue weighted by Crippen LogP contribution is 2.37. The van der Waals surface area contributed by atoms with Crippen molar-refractivity contribution in [2.24, 2.45) is 0 Å². The van der Waals surface area contributed by atoms with E-state index in [1.54, 1.807) is 4.90 Å². The van der Waals surface area contributed by atoms with Crippen LogP contribution in [0.25, 0.3) is 0 Å². The van der Waals surface area contributed by atoms with E-state index in [4.69, 9.17) is 0 Å². The predicted molar refractivity (Wildman–Crippen MR) is 75.3 cm³/mol. The first-order chi connectivity index (χ1) is 9.92. The molecule has 3 rings (SSSR count). The van der Waals surface area contributed by atoms with E-state index in [0.29, 0.717) is 19.0 Å². The number of rotatable bonds is 4. The second kappa shape index (κ2) is 5.38. The van der Waals surface area contributed by atoms with Crippen molar-refractivity contribution in [3.63, 3.8) is 0 Å². The average Bonchev–Trinajstić information content (AvgIpc) is 3.14. The van der Waals surface area contributed by atoms with E-state index in [0.717, 1.165) is 37.8 Å². The zero-order valence-electron chi connectivity index (χ0n) is 11.9. The van der Waals surface area contributed by atoms with E-state index in [-0.39, 0.29) is 17.8 Å². The molecule has 21 heavy (non-hydrogen) atoms. The van der Waals surface area contributed by atoms with E-state index in [1.165, 1.54) is 0 Å². The molecular formula is C12H19N5O3S. The number of H-pyrrole nitrogens is 1. The molecule has 1 saturated heterocycles. The van der Waals surface area contributed by atoms with Crippen LogP contribution >= 0.6 is 0 Å². The van der Waals surface area contributed by atoms with Crippen LogP contribution in [0.5, 0.6) is 0 Å². The zero-order chi connectivity index (χ0) is 15.0. The van der Waals surface area contributed by atoms with Gasteiger partial charge in [-0.1, -0.05) is 0 Å². The lowest BCUT2D eigenvalue weighted by Crippen LogP contribution is -2.49. The van der Waals surface area contributed by atoms with Gasteiger partial charge in [-0.2, -0.15) is 0 Å². The van der Waals surface area contributed by atoms with Crippen LogP contribution in [0.4, 0.5) is 0 Å². The summed E-state index contributed by atoms with van der Waals surface area (Å²) in [5.41, 5.74) is 0. The Morgan fingerprint density at radius 2 is 2.14 bits per heavy atom. The summed E-state index contributed by atoms with van der Waals surface area (Å²) in [5.74, 6) is 1.14. The molecule has 2 aliphatic rings. The van der Waals surface area contributed by atoms with Gasteiger partial charge in [0.05, 0.1) is 6.26 Å². The maximum absolute atomic E-state index is 12.4. The summed E-state index contributed by atoms with van der Waals surface area (Å²) in [7, 11) is -3.26. The summed E-state index contributed by atoms with van der Waals surface area (Å²) in [5, 5.41) is 6.80. The molecule has 0 bridgehead atoms. The largest absolute Gasteiger partial charge is 0.334 e. The fourth-order valence-electron chi connectivity index (χ4n) is 2.61. The Bertz CT molecular complexity index is 637. The van der Waals surface area contributed by atoms with E-state index in [1.807, 2.05) is 0 Å². The van der Waals surface area contributed by atoms with Gasteiger partial charge in [-0.3, -0.25) is 9.89 Å². The fourth-order valence-corrected chi connectivity index (χ4v) is 3.41. The van der Waals surface area contributed by atoms with Gasteiger partial charge < -0.3 is 4.90 Å². The SMILES string of the molecule is CS(=O)(=O)NC1CCCN(C(=O)c2n[nH]c(C3CC3)n2)C1.